The maximum absolute atomic E-state index is 12.7. The molecular weight excluding hydrogens is 438 g/mol. The molecular formula is C25H31N3O6. The summed E-state index contributed by atoms with van der Waals surface area (Å²) in [7, 11) is 0. The number of carbonyl (C=O) groups is 3. The molecule has 2 aliphatic heterocycles. The molecule has 3 N–H and O–H groups in total. The van der Waals surface area contributed by atoms with E-state index in [0.29, 0.717) is 32.7 Å². The van der Waals surface area contributed by atoms with Crippen LogP contribution in [0.4, 0.5) is 0 Å². The van der Waals surface area contributed by atoms with Crippen LogP contribution in [0.1, 0.15) is 35.4 Å². The van der Waals surface area contributed by atoms with Crippen molar-refractivity contribution in [2.45, 2.75) is 37.9 Å². The Hall–Kier alpha value is -3.17. The summed E-state index contributed by atoms with van der Waals surface area (Å²) in [5.41, 5.74) is 0.927. The first-order valence-corrected chi connectivity index (χ1v) is 11.6. The number of nitrogens with zero attached hydrogens (tertiary/aromatic N) is 1. The molecule has 2 fully saturated rings. The van der Waals surface area contributed by atoms with Gasteiger partial charge < -0.3 is 29.8 Å². The van der Waals surface area contributed by atoms with Gasteiger partial charge in [-0.15, -0.1) is 0 Å². The Kier molecular flexibility index (Phi) is 7.64. The molecule has 34 heavy (non-hydrogen) atoms. The van der Waals surface area contributed by atoms with Crippen molar-refractivity contribution in [1.29, 1.82) is 0 Å². The van der Waals surface area contributed by atoms with Gasteiger partial charge in [0.05, 0.1) is 25.5 Å². The van der Waals surface area contributed by atoms with Crippen LogP contribution in [0.5, 0.6) is 0 Å². The Labute approximate surface area is 198 Å². The number of likely N-dealkylation sites (tertiary alicyclic amines) is 1. The first-order chi connectivity index (χ1) is 16.4. The lowest BCUT2D eigenvalue weighted by Gasteiger charge is -2.39. The number of amides is 3. The van der Waals surface area contributed by atoms with Crippen molar-refractivity contribution in [2.75, 3.05) is 32.8 Å². The van der Waals surface area contributed by atoms with E-state index in [1.54, 1.807) is 11.0 Å². The number of hydrogen-bond donors (Lipinski definition) is 3. The number of ether oxygens (including phenoxy) is 1. The Morgan fingerprint density at radius 3 is 2.56 bits per heavy atom. The second kappa shape index (κ2) is 10.8. The summed E-state index contributed by atoms with van der Waals surface area (Å²) in [5, 5.41) is 15.7. The Bertz CT molecular complexity index is 970. The lowest BCUT2D eigenvalue weighted by molar-refractivity contribution is -0.142. The lowest BCUT2D eigenvalue weighted by atomic mass is 9.76. The summed E-state index contributed by atoms with van der Waals surface area (Å²) < 4.78 is 10.9. The molecule has 1 aromatic carbocycles. The molecule has 9 nitrogen and oxygen atoms in total. The quantitative estimate of drug-likeness (QED) is 0.533. The molecule has 4 rings (SSSR count). The molecule has 2 atom stereocenters. The van der Waals surface area contributed by atoms with Crippen LogP contribution in [0.2, 0.25) is 0 Å². The third-order valence-electron chi connectivity index (χ3n) is 6.66. The maximum atomic E-state index is 12.7. The van der Waals surface area contributed by atoms with Gasteiger partial charge >= 0.3 is 0 Å². The van der Waals surface area contributed by atoms with Gasteiger partial charge in [0.15, 0.2) is 5.76 Å². The first-order valence-electron chi connectivity index (χ1n) is 11.6. The van der Waals surface area contributed by atoms with Gasteiger partial charge in [0.2, 0.25) is 5.91 Å². The van der Waals surface area contributed by atoms with Crippen LogP contribution < -0.4 is 10.6 Å². The number of furan rings is 1. The number of aliphatic hydroxyl groups is 1. The Morgan fingerprint density at radius 1 is 1.09 bits per heavy atom. The first kappa shape index (κ1) is 24.0. The van der Waals surface area contributed by atoms with E-state index in [-0.39, 0.29) is 35.6 Å². The molecule has 0 bridgehead atoms. The predicted molar refractivity (Wildman–Crippen MR) is 123 cm³/mol. The summed E-state index contributed by atoms with van der Waals surface area (Å²) in [5.74, 6) is -0.798. The zero-order chi connectivity index (χ0) is 24.0. The number of rotatable bonds is 8. The third kappa shape index (κ3) is 6.03. The molecule has 0 aliphatic carbocycles. The topological polar surface area (TPSA) is 121 Å². The molecule has 9 heteroatoms. The van der Waals surface area contributed by atoms with Crippen LogP contribution in [0.3, 0.4) is 0 Å². The van der Waals surface area contributed by atoms with E-state index < -0.39 is 12.0 Å². The minimum absolute atomic E-state index is 0.00986. The molecule has 0 saturated carbocycles. The number of nitrogens with one attached hydrogen (secondary N) is 2. The zero-order valence-corrected chi connectivity index (χ0v) is 19.1. The van der Waals surface area contributed by atoms with E-state index >= 15 is 0 Å². The Balaban J connectivity index is 1.16. The van der Waals surface area contributed by atoms with Crippen LogP contribution in [0, 0.1) is 5.41 Å². The zero-order valence-electron chi connectivity index (χ0n) is 19.1. The van der Waals surface area contributed by atoms with Gasteiger partial charge in [-0.2, -0.15) is 0 Å². The van der Waals surface area contributed by atoms with Crippen LogP contribution >= 0.6 is 0 Å². The monoisotopic (exact) mass is 469 g/mol. The second-order valence-corrected chi connectivity index (χ2v) is 9.13. The summed E-state index contributed by atoms with van der Waals surface area (Å²) in [6.07, 6.45) is 2.99. The van der Waals surface area contributed by atoms with E-state index in [1.165, 1.54) is 12.3 Å². The second-order valence-electron chi connectivity index (χ2n) is 9.13. The molecule has 0 radical (unpaired) electrons. The average molecular weight is 470 g/mol. The van der Waals surface area contributed by atoms with Gasteiger partial charge in [-0.1, -0.05) is 30.3 Å². The molecule has 3 heterocycles. The van der Waals surface area contributed by atoms with Gasteiger partial charge in [-0.25, -0.2) is 0 Å². The van der Waals surface area contributed by atoms with Crippen LogP contribution in [0.25, 0.3) is 0 Å². The standard InChI is InChI=1S/C25H31N3O6/c29-20(13-18-5-2-1-3-6-18)24(32)28-10-8-25(9-11-28)14-19(34-17-25)15-26-22(30)16-27-23(31)21-7-4-12-33-21/h1-7,12,19-20,29H,8-11,13-17H2,(H,26,30)(H,27,31)/t19-,20+/m1/s1. The predicted octanol–water partition coefficient (Wildman–Crippen LogP) is 1.13. The fourth-order valence-corrected chi connectivity index (χ4v) is 4.66. The minimum Gasteiger partial charge on any atom is -0.459 e. The van der Waals surface area contributed by atoms with Gasteiger partial charge in [-0.05, 0) is 42.4 Å². The highest BCUT2D eigenvalue weighted by Crippen LogP contribution is 2.41. The summed E-state index contributed by atoms with van der Waals surface area (Å²) in [4.78, 5) is 38.3. The number of carbonyl (C=O) groups excluding carboxylic acids is 3. The molecule has 0 unspecified atom stereocenters. The summed E-state index contributed by atoms with van der Waals surface area (Å²) in [6, 6.07) is 12.6. The van der Waals surface area contributed by atoms with E-state index in [0.717, 1.165) is 24.8 Å². The highest BCUT2D eigenvalue weighted by molar-refractivity contribution is 5.94. The molecule has 182 valence electrons. The SMILES string of the molecule is O=C(CNC(=O)c1ccco1)NC[C@H]1CC2(CCN(C(=O)[C@@H](O)Cc3ccccc3)CC2)CO1. The number of aliphatic hydroxyl groups excluding tert-OH is 1. The summed E-state index contributed by atoms with van der Waals surface area (Å²) >= 11 is 0. The third-order valence-corrected chi connectivity index (χ3v) is 6.66. The average Bonchev–Trinajstić information content (AvgIpc) is 3.53. The van der Waals surface area contributed by atoms with Crippen molar-refractivity contribution in [3.8, 4) is 0 Å². The minimum atomic E-state index is -1.03. The number of benzene rings is 1. The Morgan fingerprint density at radius 2 is 1.85 bits per heavy atom. The highest BCUT2D eigenvalue weighted by atomic mass is 16.5. The van der Waals surface area contributed by atoms with Gasteiger partial charge in [-0.3, -0.25) is 14.4 Å². The largest absolute Gasteiger partial charge is 0.459 e. The van der Waals surface area contributed by atoms with E-state index in [9.17, 15) is 19.5 Å². The fraction of sp³-hybridized carbons (Fsp3) is 0.480. The summed E-state index contributed by atoms with van der Waals surface area (Å²) in [6.45, 7) is 2.00. The van der Waals surface area contributed by atoms with Gasteiger partial charge in [0.1, 0.15) is 6.10 Å². The number of hydrogen-bond acceptors (Lipinski definition) is 6. The van der Waals surface area contributed by atoms with Gasteiger partial charge in [0, 0.05) is 26.1 Å². The smallest absolute Gasteiger partial charge is 0.287 e. The molecule has 2 saturated heterocycles. The number of piperidine rings is 1. The van der Waals surface area contributed by atoms with E-state index in [4.69, 9.17) is 9.15 Å². The fourth-order valence-electron chi connectivity index (χ4n) is 4.66. The normalized spacial score (nSPS) is 20.1. The van der Waals surface area contributed by atoms with Crippen molar-refractivity contribution >= 4 is 17.7 Å². The molecule has 2 aliphatic rings. The van der Waals surface area contributed by atoms with Crippen LogP contribution in [-0.4, -0.2) is 72.7 Å². The van der Waals surface area contributed by atoms with Crippen molar-refractivity contribution in [2.24, 2.45) is 5.41 Å². The van der Waals surface area contributed by atoms with Crippen LogP contribution in [0.15, 0.2) is 53.1 Å². The molecule has 2 aromatic rings. The maximum Gasteiger partial charge on any atom is 0.287 e. The van der Waals surface area contributed by atoms with Crippen molar-refractivity contribution in [1.82, 2.24) is 15.5 Å². The van der Waals surface area contributed by atoms with E-state index in [2.05, 4.69) is 10.6 Å². The van der Waals surface area contributed by atoms with Crippen molar-refractivity contribution < 1.29 is 28.6 Å². The van der Waals surface area contributed by atoms with Crippen molar-refractivity contribution in [3.63, 3.8) is 0 Å². The molecule has 1 aromatic heterocycles. The lowest BCUT2D eigenvalue weighted by Crippen LogP contribution is -2.47. The van der Waals surface area contributed by atoms with Gasteiger partial charge in [0.25, 0.3) is 11.8 Å². The van der Waals surface area contributed by atoms with Crippen molar-refractivity contribution in [3.05, 3.63) is 60.1 Å². The van der Waals surface area contributed by atoms with Crippen LogP contribution in [-0.2, 0) is 20.7 Å². The molecule has 1 spiro atoms. The van der Waals surface area contributed by atoms with E-state index in [1.807, 2.05) is 30.3 Å². The molecule has 3 amide bonds. The highest BCUT2D eigenvalue weighted by Gasteiger charge is 2.43.